The summed E-state index contributed by atoms with van der Waals surface area (Å²) in [5, 5.41) is 0. The van der Waals surface area contributed by atoms with Gasteiger partial charge in [-0.3, -0.25) is 9.36 Å². The van der Waals surface area contributed by atoms with Crippen LogP contribution in [-0.2, 0) is 19.5 Å². The topological polar surface area (TPSA) is 61.8 Å². The second kappa shape index (κ2) is 8.90. The van der Waals surface area contributed by atoms with Gasteiger partial charge in [0.15, 0.2) is 11.2 Å². The third-order valence-corrected chi connectivity index (χ3v) is 5.69. The maximum absolute atomic E-state index is 13.7. The molecule has 0 saturated carbocycles. The lowest BCUT2D eigenvalue weighted by molar-refractivity contribution is 0.612. The van der Waals surface area contributed by atoms with Crippen molar-refractivity contribution in [3.05, 3.63) is 129 Å². The minimum Gasteiger partial charge on any atom is -0.320 e. The number of rotatable bonds is 6. The van der Waals surface area contributed by atoms with E-state index in [1.165, 1.54) is 51.9 Å². The molecule has 0 bridgehead atoms. The normalized spacial score (nSPS) is 11.2. The zero-order valence-electron chi connectivity index (χ0n) is 18.1. The van der Waals surface area contributed by atoms with Gasteiger partial charge in [-0.2, -0.15) is 0 Å². The molecule has 0 aliphatic carbocycles. The van der Waals surface area contributed by atoms with E-state index in [1.54, 1.807) is 16.7 Å². The Morgan fingerprint density at radius 1 is 0.794 bits per heavy atom. The Hall–Kier alpha value is -4.33. The van der Waals surface area contributed by atoms with E-state index in [9.17, 15) is 18.4 Å². The van der Waals surface area contributed by atoms with Crippen molar-refractivity contribution >= 4 is 11.2 Å². The molecule has 0 spiro atoms. The molecule has 170 valence electrons. The van der Waals surface area contributed by atoms with Crippen molar-refractivity contribution in [2.24, 2.45) is 0 Å². The monoisotopic (exact) mass is 458 g/mol. The first-order valence-corrected chi connectivity index (χ1v) is 10.8. The number of hydrogen-bond donors (Lipinski definition) is 0. The number of benzene rings is 3. The molecule has 0 saturated heterocycles. The Morgan fingerprint density at radius 2 is 1.53 bits per heavy atom. The summed E-state index contributed by atoms with van der Waals surface area (Å²) in [5.41, 5.74) is 1.35. The van der Waals surface area contributed by atoms with E-state index in [-0.39, 0.29) is 30.1 Å². The average Bonchev–Trinajstić information content (AvgIpc) is 3.24. The van der Waals surface area contributed by atoms with Gasteiger partial charge in [-0.15, -0.1) is 0 Å². The molecule has 0 aliphatic rings. The first-order valence-electron chi connectivity index (χ1n) is 10.8. The SMILES string of the molecule is O=c1c2c(ncn2Cc2cccc(F)c2)n(-c2ccc(F)cc2)c(=O)n1CCc1ccccc1. The van der Waals surface area contributed by atoms with Crippen LogP contribution in [0.4, 0.5) is 8.78 Å². The Kier molecular flexibility index (Phi) is 5.63. The smallest absolute Gasteiger partial charge is 0.320 e. The number of aromatic nitrogens is 4. The molecule has 3 aromatic carbocycles. The van der Waals surface area contributed by atoms with Gasteiger partial charge < -0.3 is 4.57 Å². The molecule has 2 heterocycles. The number of nitrogens with zero attached hydrogens (tertiary/aromatic N) is 4. The molecule has 6 nitrogen and oxygen atoms in total. The number of halogens is 2. The molecule has 5 rings (SSSR count). The highest BCUT2D eigenvalue weighted by Gasteiger charge is 2.19. The van der Waals surface area contributed by atoms with E-state index in [2.05, 4.69) is 4.98 Å². The average molecular weight is 458 g/mol. The van der Waals surface area contributed by atoms with Gasteiger partial charge in [0.05, 0.1) is 12.0 Å². The van der Waals surface area contributed by atoms with Crippen molar-refractivity contribution in [2.45, 2.75) is 19.5 Å². The second-order valence-corrected chi connectivity index (χ2v) is 7.96. The van der Waals surface area contributed by atoms with Crippen LogP contribution in [0.5, 0.6) is 0 Å². The number of imidazole rings is 1. The van der Waals surface area contributed by atoms with Crippen LogP contribution < -0.4 is 11.2 Å². The summed E-state index contributed by atoms with van der Waals surface area (Å²) in [7, 11) is 0. The summed E-state index contributed by atoms with van der Waals surface area (Å²) >= 11 is 0. The fourth-order valence-corrected chi connectivity index (χ4v) is 4.04. The highest BCUT2D eigenvalue weighted by Crippen LogP contribution is 2.16. The van der Waals surface area contributed by atoms with Gasteiger partial charge in [0.2, 0.25) is 0 Å². The van der Waals surface area contributed by atoms with Crippen molar-refractivity contribution < 1.29 is 8.78 Å². The second-order valence-electron chi connectivity index (χ2n) is 7.96. The third kappa shape index (κ3) is 4.05. The summed E-state index contributed by atoms with van der Waals surface area (Å²) < 4.78 is 31.4. The molecule has 0 N–H and O–H groups in total. The van der Waals surface area contributed by atoms with Crippen LogP contribution in [-0.4, -0.2) is 18.7 Å². The summed E-state index contributed by atoms with van der Waals surface area (Å²) in [6.45, 7) is 0.355. The standard InChI is InChI=1S/C26H20F2N4O2/c27-20-9-11-22(12-10-20)32-24-23(30(17-29-24)16-19-7-4-8-21(28)15-19)25(33)31(26(32)34)14-13-18-5-2-1-3-6-18/h1-12,15,17H,13-14,16H2. The van der Waals surface area contributed by atoms with Gasteiger partial charge in [-0.05, 0) is 53.9 Å². The third-order valence-electron chi connectivity index (χ3n) is 5.69. The van der Waals surface area contributed by atoms with Crippen molar-refractivity contribution in [2.75, 3.05) is 0 Å². The molecule has 0 amide bonds. The fraction of sp³-hybridized carbons (Fsp3) is 0.115. The van der Waals surface area contributed by atoms with E-state index >= 15 is 0 Å². The Balaban J connectivity index is 1.69. The molecule has 0 atom stereocenters. The van der Waals surface area contributed by atoms with Gasteiger partial charge >= 0.3 is 5.69 Å². The van der Waals surface area contributed by atoms with Crippen LogP contribution in [0.1, 0.15) is 11.1 Å². The predicted molar refractivity (Wildman–Crippen MR) is 125 cm³/mol. The summed E-state index contributed by atoms with van der Waals surface area (Å²) in [5.74, 6) is -0.826. The summed E-state index contributed by atoms with van der Waals surface area (Å²) in [4.78, 5) is 31.3. The van der Waals surface area contributed by atoms with Crippen LogP contribution in [0.15, 0.2) is 94.8 Å². The summed E-state index contributed by atoms with van der Waals surface area (Å²) in [6, 6.07) is 21.0. The van der Waals surface area contributed by atoms with Crippen LogP contribution in [0.25, 0.3) is 16.9 Å². The lowest BCUT2D eigenvalue weighted by atomic mass is 10.1. The Labute approximate surface area is 193 Å². The molecule has 2 aromatic heterocycles. The molecular formula is C26H20F2N4O2. The van der Waals surface area contributed by atoms with E-state index < -0.39 is 17.1 Å². The van der Waals surface area contributed by atoms with Crippen LogP contribution in [0.3, 0.4) is 0 Å². The largest absolute Gasteiger partial charge is 0.337 e. The Morgan fingerprint density at radius 3 is 2.26 bits per heavy atom. The van der Waals surface area contributed by atoms with Crippen molar-refractivity contribution in [3.63, 3.8) is 0 Å². The molecule has 0 fully saturated rings. The molecule has 0 unspecified atom stereocenters. The molecule has 34 heavy (non-hydrogen) atoms. The maximum Gasteiger partial charge on any atom is 0.337 e. The van der Waals surface area contributed by atoms with Crippen LogP contribution in [0, 0.1) is 11.6 Å². The minimum absolute atomic E-state index is 0.157. The van der Waals surface area contributed by atoms with Gasteiger partial charge in [-0.1, -0.05) is 42.5 Å². The highest BCUT2D eigenvalue weighted by atomic mass is 19.1. The van der Waals surface area contributed by atoms with Gasteiger partial charge in [0.25, 0.3) is 5.56 Å². The lowest BCUT2D eigenvalue weighted by Crippen LogP contribution is -2.40. The molecule has 0 aliphatic heterocycles. The van der Waals surface area contributed by atoms with E-state index in [4.69, 9.17) is 0 Å². The van der Waals surface area contributed by atoms with E-state index in [1.807, 2.05) is 30.3 Å². The van der Waals surface area contributed by atoms with Crippen LogP contribution >= 0.6 is 0 Å². The van der Waals surface area contributed by atoms with Crippen LogP contribution in [0.2, 0.25) is 0 Å². The highest BCUT2D eigenvalue weighted by molar-refractivity contribution is 5.72. The van der Waals surface area contributed by atoms with Crippen molar-refractivity contribution in [3.8, 4) is 5.69 Å². The lowest BCUT2D eigenvalue weighted by Gasteiger charge is -2.13. The number of aryl methyl sites for hydroxylation is 1. The zero-order chi connectivity index (χ0) is 23.7. The summed E-state index contributed by atoms with van der Waals surface area (Å²) in [6.07, 6.45) is 1.93. The minimum atomic E-state index is -0.559. The van der Waals surface area contributed by atoms with Crippen molar-refractivity contribution in [1.29, 1.82) is 0 Å². The molecule has 5 aromatic rings. The fourth-order valence-electron chi connectivity index (χ4n) is 4.04. The van der Waals surface area contributed by atoms with E-state index in [0.29, 0.717) is 17.7 Å². The Bertz CT molecular complexity index is 1590. The number of fused-ring (bicyclic) bond motifs is 1. The first kappa shape index (κ1) is 21.5. The van der Waals surface area contributed by atoms with E-state index in [0.717, 1.165) is 5.56 Å². The first-order chi connectivity index (χ1) is 16.5. The van der Waals surface area contributed by atoms with Gasteiger partial charge in [-0.25, -0.2) is 23.1 Å². The van der Waals surface area contributed by atoms with Gasteiger partial charge in [0, 0.05) is 13.1 Å². The predicted octanol–water partition coefficient (Wildman–Crippen LogP) is 3.92. The molecular weight excluding hydrogens is 438 g/mol. The number of hydrogen-bond acceptors (Lipinski definition) is 3. The quantitative estimate of drug-likeness (QED) is 0.388. The molecule has 8 heteroatoms. The zero-order valence-corrected chi connectivity index (χ0v) is 18.1. The maximum atomic E-state index is 13.7. The van der Waals surface area contributed by atoms with Gasteiger partial charge in [0.1, 0.15) is 11.6 Å². The van der Waals surface area contributed by atoms with Crippen molar-refractivity contribution in [1.82, 2.24) is 18.7 Å². The molecule has 0 radical (unpaired) electrons.